The zero-order valence-electron chi connectivity index (χ0n) is 17.7. The molecule has 0 saturated carbocycles. The number of benzene rings is 3. The van der Waals surface area contributed by atoms with E-state index in [0.717, 1.165) is 0 Å². The molecule has 3 aromatic carbocycles. The zero-order valence-corrected chi connectivity index (χ0v) is 17.7. The summed E-state index contributed by atoms with van der Waals surface area (Å²) in [6.07, 6.45) is 0. The molecule has 3 rings (SSSR count). The smallest absolute Gasteiger partial charge is 0.349 e. The molecular weight excluding hydrogens is 428 g/mol. The van der Waals surface area contributed by atoms with Crippen molar-refractivity contribution in [2.45, 2.75) is 12.1 Å². The fourth-order valence-corrected chi connectivity index (χ4v) is 3.06. The van der Waals surface area contributed by atoms with Crippen LogP contribution in [0.25, 0.3) is 9.69 Å². The summed E-state index contributed by atoms with van der Waals surface area (Å²) >= 11 is 0. The summed E-state index contributed by atoms with van der Waals surface area (Å²) in [6.45, 7) is 14.7. The number of phenols is 2. The average molecular weight is 444 g/mol. The molecule has 0 fully saturated rings. The van der Waals surface area contributed by atoms with Gasteiger partial charge >= 0.3 is 12.1 Å². The second-order valence-corrected chi connectivity index (χ2v) is 6.87. The maximum absolute atomic E-state index is 10.1. The Labute approximate surface area is 196 Å². The number of hydrogen-bond donors (Lipinski definition) is 2. The fourth-order valence-electron chi connectivity index (χ4n) is 3.06. The first-order chi connectivity index (χ1) is 16.5. The summed E-state index contributed by atoms with van der Waals surface area (Å²) in [4.78, 5) is 15.4. The standard InChI is InChI=1S/C26H16N6O2/c1-29-21(15-27)25(31-19-7-3-5-9-23(19)33)17-11-13-18(14-12-17)26(22(16-28)30-2)32-20-8-4-6-10-24(20)34/h3-14,21-22,33-34H. The van der Waals surface area contributed by atoms with Gasteiger partial charge in [0.05, 0.1) is 0 Å². The number of phenolic OH excluding ortho intramolecular Hbond substituents is 2. The molecule has 3 aromatic rings. The van der Waals surface area contributed by atoms with Gasteiger partial charge in [-0.2, -0.15) is 10.5 Å². The minimum atomic E-state index is -1.21. The minimum Gasteiger partial charge on any atom is -0.506 e. The van der Waals surface area contributed by atoms with Gasteiger partial charge in [0.15, 0.2) is 12.1 Å². The van der Waals surface area contributed by atoms with Crippen LogP contribution in [0.1, 0.15) is 11.1 Å². The average Bonchev–Trinajstić information content (AvgIpc) is 2.86. The summed E-state index contributed by atoms with van der Waals surface area (Å²) in [5.74, 6) is -0.186. The zero-order chi connectivity index (χ0) is 24.5. The SMILES string of the molecule is [C-]#[N+]C(C#N)C(=Nc1ccccc1O)c1ccc(C(=Nc2ccccc2O)C(C#N)[N+]#[C-])cc1. The normalized spacial score (nSPS) is 12.9. The summed E-state index contributed by atoms with van der Waals surface area (Å²) in [6, 6.07) is 20.4. The third-order valence-corrected chi connectivity index (χ3v) is 4.74. The molecule has 0 radical (unpaired) electrons. The van der Waals surface area contributed by atoms with Crippen LogP contribution in [-0.4, -0.2) is 33.7 Å². The highest BCUT2D eigenvalue weighted by Crippen LogP contribution is 2.28. The quantitative estimate of drug-likeness (QED) is 0.412. The van der Waals surface area contributed by atoms with Crippen LogP contribution in [0.2, 0.25) is 0 Å². The van der Waals surface area contributed by atoms with Gasteiger partial charge in [0, 0.05) is 11.1 Å². The van der Waals surface area contributed by atoms with Crippen molar-refractivity contribution in [3.05, 3.63) is 107 Å². The summed E-state index contributed by atoms with van der Waals surface area (Å²) in [5.41, 5.74) is 1.62. The second kappa shape index (κ2) is 10.7. The molecule has 0 aliphatic rings. The number of nitrogens with zero attached hydrogens (tertiary/aromatic N) is 6. The van der Waals surface area contributed by atoms with Crippen LogP contribution in [0, 0.1) is 35.8 Å². The van der Waals surface area contributed by atoms with E-state index in [0.29, 0.717) is 11.1 Å². The van der Waals surface area contributed by atoms with E-state index >= 15 is 0 Å². The molecule has 2 unspecified atom stereocenters. The Hall–Kier alpha value is -5.44. The lowest BCUT2D eigenvalue weighted by atomic mass is 9.98. The van der Waals surface area contributed by atoms with Crippen LogP contribution in [0.15, 0.2) is 82.8 Å². The largest absolute Gasteiger partial charge is 0.506 e. The first-order valence-corrected chi connectivity index (χ1v) is 9.88. The first-order valence-electron chi connectivity index (χ1n) is 9.88. The molecule has 8 nitrogen and oxygen atoms in total. The molecule has 0 saturated heterocycles. The number of rotatable bonds is 6. The monoisotopic (exact) mass is 444 g/mol. The van der Waals surface area contributed by atoms with Crippen molar-refractivity contribution in [3.63, 3.8) is 0 Å². The molecular formula is C26H16N6O2. The molecule has 2 N–H and O–H groups in total. The highest BCUT2D eigenvalue weighted by atomic mass is 16.3. The Kier molecular flexibility index (Phi) is 7.33. The molecule has 34 heavy (non-hydrogen) atoms. The van der Waals surface area contributed by atoms with Crippen LogP contribution >= 0.6 is 0 Å². The Balaban J connectivity index is 2.12. The Morgan fingerprint density at radius 3 is 1.32 bits per heavy atom. The number of aromatic hydroxyl groups is 2. The first kappa shape index (κ1) is 23.2. The maximum atomic E-state index is 10.1. The summed E-state index contributed by atoms with van der Waals surface area (Å²) in [5, 5.41) is 39.0. The minimum absolute atomic E-state index is 0.0932. The number of aliphatic imine (C=N–C) groups is 2. The van der Waals surface area contributed by atoms with Crippen LogP contribution < -0.4 is 0 Å². The summed E-state index contributed by atoms with van der Waals surface area (Å²) in [7, 11) is 0. The van der Waals surface area contributed by atoms with Gasteiger partial charge in [0.25, 0.3) is 0 Å². The molecule has 0 heterocycles. The predicted octanol–water partition coefficient (Wildman–Crippen LogP) is 4.96. The van der Waals surface area contributed by atoms with Gasteiger partial charge in [-0.1, -0.05) is 48.5 Å². The molecule has 0 aliphatic carbocycles. The number of hydrogen-bond acceptors (Lipinski definition) is 6. The van der Waals surface area contributed by atoms with Gasteiger partial charge in [0.1, 0.15) is 34.3 Å². The second-order valence-electron chi connectivity index (χ2n) is 6.87. The lowest BCUT2D eigenvalue weighted by molar-refractivity contribution is 0.476. The Bertz CT molecular complexity index is 1290. The van der Waals surface area contributed by atoms with E-state index in [9.17, 15) is 20.7 Å². The molecule has 8 heteroatoms. The lowest BCUT2D eigenvalue weighted by Gasteiger charge is -2.09. The van der Waals surface area contributed by atoms with Gasteiger partial charge in [0.2, 0.25) is 0 Å². The third kappa shape index (κ3) is 5.06. The maximum Gasteiger partial charge on any atom is 0.349 e. The molecule has 0 spiro atoms. The van der Waals surface area contributed by atoms with Gasteiger partial charge in [-0.3, -0.25) is 9.69 Å². The van der Waals surface area contributed by atoms with Crippen LogP contribution in [0.5, 0.6) is 11.5 Å². The van der Waals surface area contributed by atoms with Crippen LogP contribution in [0.3, 0.4) is 0 Å². The van der Waals surface area contributed by atoms with E-state index in [2.05, 4.69) is 19.7 Å². The Morgan fingerprint density at radius 1 is 0.676 bits per heavy atom. The van der Waals surface area contributed by atoms with Gasteiger partial charge in [-0.05, 0) is 24.3 Å². The molecule has 0 bridgehead atoms. The predicted molar refractivity (Wildman–Crippen MR) is 127 cm³/mol. The van der Waals surface area contributed by atoms with E-state index in [1.54, 1.807) is 60.7 Å². The molecule has 0 amide bonds. The van der Waals surface area contributed by atoms with Crippen LogP contribution in [-0.2, 0) is 0 Å². The van der Waals surface area contributed by atoms with E-state index in [-0.39, 0.29) is 34.3 Å². The topological polar surface area (TPSA) is 121 Å². The lowest BCUT2D eigenvalue weighted by Crippen LogP contribution is -2.18. The van der Waals surface area contributed by atoms with E-state index in [1.165, 1.54) is 12.1 Å². The highest BCUT2D eigenvalue weighted by Gasteiger charge is 2.26. The summed E-state index contributed by atoms with van der Waals surface area (Å²) < 4.78 is 0. The fraction of sp³-hybridized carbons (Fsp3) is 0.0769. The van der Waals surface area contributed by atoms with Gasteiger partial charge in [-0.15, -0.1) is 0 Å². The van der Waals surface area contributed by atoms with E-state index in [1.807, 2.05) is 12.1 Å². The third-order valence-electron chi connectivity index (χ3n) is 4.74. The van der Waals surface area contributed by atoms with Gasteiger partial charge in [-0.25, -0.2) is 23.1 Å². The molecule has 2 atom stereocenters. The van der Waals surface area contributed by atoms with E-state index < -0.39 is 12.1 Å². The van der Waals surface area contributed by atoms with Crippen molar-refractivity contribution in [1.82, 2.24) is 0 Å². The van der Waals surface area contributed by atoms with Crippen molar-refractivity contribution in [3.8, 4) is 23.6 Å². The van der Waals surface area contributed by atoms with Gasteiger partial charge < -0.3 is 10.2 Å². The highest BCUT2D eigenvalue weighted by molar-refractivity contribution is 6.11. The molecule has 162 valence electrons. The van der Waals surface area contributed by atoms with E-state index in [4.69, 9.17) is 13.1 Å². The van der Waals surface area contributed by atoms with Crippen LogP contribution in [0.4, 0.5) is 11.4 Å². The van der Waals surface area contributed by atoms with Crippen molar-refractivity contribution in [2.24, 2.45) is 9.98 Å². The number of para-hydroxylation sites is 4. The van der Waals surface area contributed by atoms with Crippen molar-refractivity contribution >= 4 is 22.8 Å². The van der Waals surface area contributed by atoms with Crippen molar-refractivity contribution in [2.75, 3.05) is 0 Å². The number of nitriles is 2. The van der Waals surface area contributed by atoms with Crippen molar-refractivity contribution in [1.29, 1.82) is 10.5 Å². The van der Waals surface area contributed by atoms with Crippen molar-refractivity contribution < 1.29 is 10.2 Å². The molecule has 0 aromatic heterocycles. The Morgan fingerprint density at radius 2 is 1.03 bits per heavy atom. The molecule has 0 aliphatic heterocycles.